The molecule has 0 fully saturated rings. The Balaban J connectivity index is 2.08. The molecule has 1 aromatic carbocycles. The van der Waals surface area contributed by atoms with E-state index in [1.54, 1.807) is 12.1 Å². The van der Waals surface area contributed by atoms with E-state index in [-0.39, 0.29) is 5.11 Å². The average molecular weight is 512 g/mol. The molecule has 2 aromatic rings. The number of primary amides is 1. The predicted molar refractivity (Wildman–Crippen MR) is 130 cm³/mol. The number of nitrogens with two attached hydrogens (primary N) is 1. The molecule has 2 rings (SSSR count). The smallest absolute Gasteiger partial charge is 0.261 e. The van der Waals surface area contributed by atoms with Crippen molar-refractivity contribution < 1.29 is 14.3 Å². The summed E-state index contributed by atoms with van der Waals surface area (Å²) in [6.07, 6.45) is 4.32. The predicted octanol–water partition coefficient (Wildman–Crippen LogP) is 5.31. The van der Waals surface area contributed by atoms with Crippen molar-refractivity contribution in [2.45, 2.75) is 46.5 Å². The number of aryl methyl sites for hydroxylation is 1. The van der Waals surface area contributed by atoms with Crippen molar-refractivity contribution in [1.29, 1.82) is 0 Å². The van der Waals surface area contributed by atoms with Gasteiger partial charge in [-0.25, -0.2) is 0 Å². The van der Waals surface area contributed by atoms with E-state index in [1.807, 2.05) is 19.9 Å². The van der Waals surface area contributed by atoms with Gasteiger partial charge in [-0.2, -0.15) is 0 Å². The van der Waals surface area contributed by atoms with Crippen molar-refractivity contribution in [1.82, 2.24) is 5.32 Å². The minimum absolute atomic E-state index is 0.0811. The van der Waals surface area contributed by atoms with Gasteiger partial charge in [-0.15, -0.1) is 11.3 Å². The number of thiophene rings is 1. The highest BCUT2D eigenvalue weighted by Gasteiger charge is 2.20. The summed E-state index contributed by atoms with van der Waals surface area (Å²) < 4.78 is 6.58. The van der Waals surface area contributed by atoms with E-state index in [9.17, 15) is 9.59 Å². The van der Waals surface area contributed by atoms with Crippen molar-refractivity contribution in [2.75, 3.05) is 11.9 Å². The molecule has 0 saturated heterocycles. The van der Waals surface area contributed by atoms with E-state index in [0.29, 0.717) is 28.5 Å². The summed E-state index contributed by atoms with van der Waals surface area (Å²) in [4.78, 5) is 25.5. The van der Waals surface area contributed by atoms with Gasteiger partial charge in [0.05, 0.1) is 17.7 Å². The van der Waals surface area contributed by atoms with Crippen LogP contribution in [-0.4, -0.2) is 23.5 Å². The molecule has 0 spiro atoms. The topological polar surface area (TPSA) is 93.4 Å². The van der Waals surface area contributed by atoms with E-state index < -0.39 is 11.8 Å². The highest BCUT2D eigenvalue weighted by atomic mass is 79.9. The zero-order chi connectivity index (χ0) is 22.3. The molecule has 0 aliphatic heterocycles. The second-order valence-electron chi connectivity index (χ2n) is 6.81. The number of hydrogen-bond acceptors (Lipinski definition) is 5. The van der Waals surface area contributed by atoms with E-state index in [0.717, 1.165) is 40.6 Å². The first-order chi connectivity index (χ1) is 14.2. The fourth-order valence-electron chi connectivity index (χ4n) is 2.83. The second kappa shape index (κ2) is 11.4. The molecule has 9 heteroatoms. The van der Waals surface area contributed by atoms with Crippen molar-refractivity contribution in [3.63, 3.8) is 0 Å². The van der Waals surface area contributed by atoms with Gasteiger partial charge < -0.3 is 15.8 Å². The molecule has 0 atom stereocenters. The van der Waals surface area contributed by atoms with Crippen LogP contribution in [0.25, 0.3) is 0 Å². The zero-order valence-corrected chi connectivity index (χ0v) is 20.5. The van der Waals surface area contributed by atoms with Gasteiger partial charge in [0, 0.05) is 9.35 Å². The van der Waals surface area contributed by atoms with Gasteiger partial charge in [-0.1, -0.05) is 42.1 Å². The van der Waals surface area contributed by atoms with Gasteiger partial charge in [0.2, 0.25) is 0 Å². The van der Waals surface area contributed by atoms with Crippen LogP contribution in [0.5, 0.6) is 5.75 Å². The molecule has 0 aliphatic rings. The first-order valence-corrected chi connectivity index (χ1v) is 11.7. The maximum atomic E-state index is 12.8. The number of carbonyl (C=O) groups excluding carboxylic acids is 2. The normalized spacial score (nSPS) is 10.5. The first kappa shape index (κ1) is 24.3. The lowest BCUT2D eigenvalue weighted by atomic mass is 10.1. The van der Waals surface area contributed by atoms with Crippen molar-refractivity contribution in [2.24, 2.45) is 5.73 Å². The number of amides is 2. The van der Waals surface area contributed by atoms with Crippen molar-refractivity contribution in [3.05, 3.63) is 44.2 Å². The molecule has 1 heterocycles. The van der Waals surface area contributed by atoms with E-state index in [2.05, 4.69) is 33.5 Å². The molecule has 0 unspecified atom stereocenters. The molecule has 0 bridgehead atoms. The Morgan fingerprint density at radius 1 is 1.23 bits per heavy atom. The van der Waals surface area contributed by atoms with E-state index in [4.69, 9.17) is 22.7 Å². The Morgan fingerprint density at radius 2 is 1.97 bits per heavy atom. The number of hydrogen-bond donors (Lipinski definition) is 3. The number of anilines is 1. The lowest BCUT2D eigenvalue weighted by Crippen LogP contribution is -2.34. The maximum absolute atomic E-state index is 12.8. The van der Waals surface area contributed by atoms with Crippen LogP contribution in [-0.2, 0) is 0 Å². The standard InChI is InChI=1S/C21H26BrN3O3S2/c1-4-5-6-7-10-28-16-9-8-14(22)11-15(16)19(27)24-21(29)25-20-17(18(23)26)12(2)13(3)30-20/h8-9,11H,4-7,10H2,1-3H3,(H2,23,26)(H2,24,25,27,29). The van der Waals surface area contributed by atoms with Crippen molar-refractivity contribution in [3.8, 4) is 5.75 Å². The lowest BCUT2D eigenvalue weighted by molar-refractivity contribution is 0.0971. The fraction of sp³-hybridized carbons (Fsp3) is 0.381. The van der Waals surface area contributed by atoms with E-state index >= 15 is 0 Å². The van der Waals surface area contributed by atoms with Gasteiger partial charge in [0.1, 0.15) is 10.8 Å². The second-order valence-corrected chi connectivity index (χ2v) is 9.36. The number of carbonyl (C=O) groups is 2. The van der Waals surface area contributed by atoms with Crippen LogP contribution in [0.4, 0.5) is 5.00 Å². The van der Waals surface area contributed by atoms with Crippen molar-refractivity contribution >= 4 is 61.4 Å². The molecular formula is C21H26BrN3O3S2. The molecule has 2 amide bonds. The van der Waals surface area contributed by atoms with Crippen LogP contribution in [0.1, 0.15) is 63.8 Å². The third kappa shape index (κ3) is 6.52. The Hall–Kier alpha value is -1.97. The zero-order valence-electron chi connectivity index (χ0n) is 17.3. The minimum atomic E-state index is -0.542. The molecule has 0 aliphatic carbocycles. The lowest BCUT2D eigenvalue weighted by Gasteiger charge is -2.13. The Morgan fingerprint density at radius 3 is 2.63 bits per heavy atom. The van der Waals surface area contributed by atoms with Gasteiger partial charge in [0.15, 0.2) is 5.11 Å². The Kier molecular flexibility index (Phi) is 9.26. The molecule has 162 valence electrons. The van der Waals surface area contributed by atoms with Crippen LogP contribution in [0.15, 0.2) is 22.7 Å². The summed E-state index contributed by atoms with van der Waals surface area (Å²) in [5, 5.41) is 6.17. The molecule has 0 saturated carbocycles. The third-order valence-electron chi connectivity index (χ3n) is 4.53. The first-order valence-electron chi connectivity index (χ1n) is 9.69. The largest absolute Gasteiger partial charge is 0.493 e. The number of ether oxygens (including phenoxy) is 1. The number of nitrogens with one attached hydrogen (secondary N) is 2. The highest BCUT2D eigenvalue weighted by Crippen LogP contribution is 2.32. The third-order valence-corrected chi connectivity index (χ3v) is 6.35. The quantitative estimate of drug-likeness (QED) is 0.313. The molecule has 1 aromatic heterocycles. The van der Waals surface area contributed by atoms with Gasteiger partial charge in [-0.05, 0) is 56.2 Å². The van der Waals surface area contributed by atoms with Gasteiger partial charge >= 0.3 is 0 Å². The Bertz CT molecular complexity index is 944. The molecule has 4 N–H and O–H groups in total. The monoisotopic (exact) mass is 511 g/mol. The molecule has 30 heavy (non-hydrogen) atoms. The van der Waals surface area contributed by atoms with Crippen LogP contribution in [0, 0.1) is 13.8 Å². The van der Waals surface area contributed by atoms with Crippen LogP contribution in [0.2, 0.25) is 0 Å². The van der Waals surface area contributed by atoms with Gasteiger partial charge in [-0.3, -0.25) is 14.9 Å². The van der Waals surface area contributed by atoms with E-state index in [1.165, 1.54) is 11.3 Å². The summed E-state index contributed by atoms with van der Waals surface area (Å²) in [5.41, 5.74) is 7.04. The molecular weight excluding hydrogens is 486 g/mol. The Labute approximate surface area is 194 Å². The summed E-state index contributed by atoms with van der Waals surface area (Å²) >= 11 is 10.0. The number of benzene rings is 1. The summed E-state index contributed by atoms with van der Waals surface area (Å²) in [6, 6.07) is 5.27. The maximum Gasteiger partial charge on any atom is 0.261 e. The average Bonchev–Trinajstić information content (AvgIpc) is 2.95. The number of unbranched alkanes of at least 4 members (excludes halogenated alkanes) is 3. The summed E-state index contributed by atoms with van der Waals surface area (Å²) in [5.74, 6) is -0.446. The SMILES string of the molecule is CCCCCCOc1ccc(Br)cc1C(=O)NC(=S)Nc1sc(C)c(C)c1C(N)=O. The van der Waals surface area contributed by atoms with Gasteiger partial charge in [0.25, 0.3) is 11.8 Å². The highest BCUT2D eigenvalue weighted by molar-refractivity contribution is 9.10. The van der Waals surface area contributed by atoms with Crippen LogP contribution < -0.4 is 21.1 Å². The number of halogens is 1. The number of thiocarbonyl (C=S) groups is 1. The van der Waals surface area contributed by atoms with Crippen LogP contribution in [0.3, 0.4) is 0 Å². The summed E-state index contributed by atoms with van der Waals surface area (Å²) in [7, 11) is 0. The molecule has 0 radical (unpaired) electrons. The molecule has 6 nitrogen and oxygen atoms in total. The van der Waals surface area contributed by atoms with Crippen LogP contribution >= 0.6 is 39.5 Å². The number of rotatable bonds is 9. The minimum Gasteiger partial charge on any atom is -0.493 e. The fourth-order valence-corrected chi connectivity index (χ4v) is 4.52. The summed E-state index contributed by atoms with van der Waals surface area (Å²) in [6.45, 7) is 6.41.